The van der Waals surface area contributed by atoms with Crippen LogP contribution in [0.5, 0.6) is 0 Å². The zero-order valence-corrected chi connectivity index (χ0v) is 8.42. The maximum atomic E-state index is 9.08. The van der Waals surface area contributed by atoms with Crippen LogP contribution >= 0.6 is 0 Å². The van der Waals surface area contributed by atoms with Gasteiger partial charge in [-0.05, 0) is 12.5 Å². The molecule has 0 bridgehead atoms. The minimum atomic E-state index is 0.169. The van der Waals surface area contributed by atoms with Crippen molar-refractivity contribution in [1.29, 1.82) is 0 Å². The van der Waals surface area contributed by atoms with Gasteiger partial charge < -0.3 is 5.73 Å². The molecule has 0 atom stereocenters. The van der Waals surface area contributed by atoms with E-state index in [-0.39, 0.29) is 5.82 Å². The van der Waals surface area contributed by atoms with Gasteiger partial charge in [-0.3, -0.25) is 5.21 Å². The van der Waals surface area contributed by atoms with Gasteiger partial charge in [0.05, 0.1) is 12.7 Å². The quantitative estimate of drug-likeness (QED) is 0.760. The first kappa shape index (κ1) is 9.82. The number of nitrogens with zero attached hydrogens (tertiary/aromatic N) is 2. The molecule has 0 spiro atoms. The Morgan fingerprint density at radius 3 is 2.87 bits per heavy atom. The Morgan fingerprint density at radius 2 is 2.27 bits per heavy atom. The molecule has 0 radical (unpaired) electrons. The lowest BCUT2D eigenvalue weighted by molar-refractivity contribution is -0.389. The lowest BCUT2D eigenvalue weighted by Gasteiger charge is -2.15. The topological polar surface area (TPSA) is 62.0 Å². The zero-order valence-electron chi connectivity index (χ0n) is 8.42. The van der Waals surface area contributed by atoms with E-state index in [2.05, 4.69) is 0 Å². The number of benzene rings is 1. The average Bonchev–Trinajstić information content (AvgIpc) is 2.45. The van der Waals surface area contributed by atoms with Crippen molar-refractivity contribution >= 4 is 0 Å². The predicted molar refractivity (Wildman–Crippen MR) is 53.7 cm³/mol. The molecule has 1 heterocycles. The van der Waals surface area contributed by atoms with Gasteiger partial charge in [0.1, 0.15) is 0 Å². The van der Waals surface area contributed by atoms with Crippen LogP contribution in [0.1, 0.15) is 11.1 Å². The van der Waals surface area contributed by atoms with Crippen LogP contribution < -0.4 is 5.73 Å². The van der Waals surface area contributed by atoms with Crippen molar-refractivity contribution < 1.29 is 10.1 Å². The molecule has 3 N–H and O–H groups in total. The highest BCUT2D eigenvalue weighted by molar-refractivity contribution is 5.22. The molecule has 80 valence electrons. The van der Waals surface area contributed by atoms with E-state index in [9.17, 15) is 0 Å². The van der Waals surface area contributed by atoms with Gasteiger partial charge in [0, 0.05) is 0 Å². The Hall–Kier alpha value is -1.72. The van der Waals surface area contributed by atoms with Crippen LogP contribution in [-0.2, 0) is 11.5 Å². The highest BCUT2D eigenvalue weighted by Crippen LogP contribution is 2.15. The molecule has 0 fully saturated rings. The van der Waals surface area contributed by atoms with Crippen molar-refractivity contribution in [2.24, 2.45) is 5.73 Å². The molecule has 1 aromatic rings. The van der Waals surface area contributed by atoms with Crippen molar-refractivity contribution in [2.45, 2.75) is 13.5 Å². The largest absolute Gasteiger partial charge is 0.380 e. The van der Waals surface area contributed by atoms with Gasteiger partial charge >= 0.3 is 0 Å². The lowest BCUT2D eigenvalue weighted by Crippen LogP contribution is -2.22. The van der Waals surface area contributed by atoms with Gasteiger partial charge in [0.25, 0.3) is 0 Å². The summed E-state index contributed by atoms with van der Waals surface area (Å²) in [6, 6.07) is 8.04. The minimum absolute atomic E-state index is 0.169. The predicted octanol–water partition coefficient (Wildman–Crippen LogP) is 1.11. The first-order valence-corrected chi connectivity index (χ1v) is 4.62. The standard InChI is InChI=1S/C10H13N3O2/c1-8-3-2-4-9(5-8)6-12-7-10(11)13(14)15-12/h2-5,7,14H,6,11H2,1H3. The molecular weight excluding hydrogens is 194 g/mol. The summed E-state index contributed by atoms with van der Waals surface area (Å²) < 4.78 is 0. The van der Waals surface area contributed by atoms with Crippen LogP contribution in [0.25, 0.3) is 0 Å². The Labute approximate surface area is 87.8 Å². The second kappa shape index (κ2) is 3.80. The monoisotopic (exact) mass is 207 g/mol. The fourth-order valence-electron chi connectivity index (χ4n) is 1.43. The fraction of sp³-hybridized carbons (Fsp3) is 0.200. The van der Waals surface area contributed by atoms with Gasteiger partial charge in [-0.25, -0.2) is 5.06 Å². The second-order valence-corrected chi connectivity index (χ2v) is 3.47. The minimum Gasteiger partial charge on any atom is -0.380 e. The van der Waals surface area contributed by atoms with Gasteiger partial charge in [-0.15, -0.1) is 4.94 Å². The number of nitrogens with two attached hydrogens (primary N) is 1. The van der Waals surface area contributed by atoms with E-state index in [1.807, 2.05) is 31.2 Å². The Kier molecular flexibility index (Phi) is 2.49. The number of hydrogen-bond acceptors (Lipinski definition) is 5. The van der Waals surface area contributed by atoms with E-state index in [0.717, 1.165) is 5.56 Å². The van der Waals surface area contributed by atoms with Crippen molar-refractivity contribution in [1.82, 2.24) is 10.3 Å². The highest BCUT2D eigenvalue weighted by Gasteiger charge is 2.18. The molecular formula is C10H13N3O2. The summed E-state index contributed by atoms with van der Waals surface area (Å²) >= 11 is 0. The van der Waals surface area contributed by atoms with E-state index in [4.69, 9.17) is 15.9 Å². The molecule has 0 aliphatic carbocycles. The van der Waals surface area contributed by atoms with Crippen molar-refractivity contribution in [3.8, 4) is 0 Å². The smallest absolute Gasteiger partial charge is 0.176 e. The van der Waals surface area contributed by atoms with Gasteiger partial charge in [-0.2, -0.15) is 0 Å². The fourth-order valence-corrected chi connectivity index (χ4v) is 1.43. The van der Waals surface area contributed by atoms with E-state index in [1.54, 1.807) is 0 Å². The zero-order chi connectivity index (χ0) is 10.8. The maximum Gasteiger partial charge on any atom is 0.176 e. The summed E-state index contributed by atoms with van der Waals surface area (Å²) in [6.07, 6.45) is 1.53. The van der Waals surface area contributed by atoms with Crippen molar-refractivity contribution in [3.05, 3.63) is 47.4 Å². The molecule has 0 saturated heterocycles. The summed E-state index contributed by atoms with van der Waals surface area (Å²) in [6.45, 7) is 2.57. The first-order chi connectivity index (χ1) is 7.15. The molecule has 0 saturated carbocycles. The molecule has 1 aromatic carbocycles. The van der Waals surface area contributed by atoms with Crippen molar-refractivity contribution in [3.63, 3.8) is 0 Å². The first-order valence-electron chi connectivity index (χ1n) is 4.62. The number of rotatable bonds is 2. The van der Waals surface area contributed by atoms with Crippen LogP contribution in [0.4, 0.5) is 0 Å². The molecule has 1 aliphatic rings. The molecule has 1 aliphatic heterocycles. The third-order valence-corrected chi connectivity index (χ3v) is 2.10. The highest BCUT2D eigenvalue weighted by atomic mass is 17.0. The molecule has 0 aromatic heterocycles. The molecule has 0 amide bonds. The summed E-state index contributed by atoms with van der Waals surface area (Å²) in [5, 5.41) is 11.1. The Bertz CT molecular complexity index is 392. The molecule has 5 heteroatoms. The van der Waals surface area contributed by atoms with Crippen LogP contribution in [-0.4, -0.2) is 15.5 Å². The maximum absolute atomic E-state index is 9.08. The number of hydrogen-bond donors (Lipinski definition) is 2. The van der Waals surface area contributed by atoms with Crippen LogP contribution in [0.2, 0.25) is 0 Å². The van der Waals surface area contributed by atoms with Crippen LogP contribution in [0.3, 0.4) is 0 Å². The van der Waals surface area contributed by atoms with E-state index in [1.165, 1.54) is 16.8 Å². The van der Waals surface area contributed by atoms with E-state index < -0.39 is 0 Å². The van der Waals surface area contributed by atoms with E-state index >= 15 is 0 Å². The summed E-state index contributed by atoms with van der Waals surface area (Å²) in [5.74, 6) is 0.169. The second-order valence-electron chi connectivity index (χ2n) is 3.47. The summed E-state index contributed by atoms with van der Waals surface area (Å²) in [5.41, 5.74) is 7.70. The van der Waals surface area contributed by atoms with Gasteiger partial charge in [0.2, 0.25) is 0 Å². The number of hydroxylamine groups is 4. The van der Waals surface area contributed by atoms with Crippen LogP contribution in [0.15, 0.2) is 36.3 Å². The van der Waals surface area contributed by atoms with Crippen molar-refractivity contribution in [2.75, 3.05) is 0 Å². The SMILES string of the molecule is Cc1cccc(CN2C=C(N)N(O)O2)c1. The Morgan fingerprint density at radius 1 is 1.47 bits per heavy atom. The molecule has 0 unspecified atom stereocenters. The third kappa shape index (κ3) is 2.20. The third-order valence-electron chi connectivity index (χ3n) is 2.10. The molecule has 5 nitrogen and oxygen atoms in total. The lowest BCUT2D eigenvalue weighted by atomic mass is 10.1. The average molecular weight is 207 g/mol. The normalized spacial score (nSPS) is 15.7. The van der Waals surface area contributed by atoms with Gasteiger partial charge in [0.15, 0.2) is 5.82 Å². The van der Waals surface area contributed by atoms with Gasteiger partial charge in [-0.1, -0.05) is 35.1 Å². The van der Waals surface area contributed by atoms with Crippen LogP contribution in [0, 0.1) is 6.92 Å². The number of aryl methyl sites for hydroxylation is 1. The Balaban J connectivity index is 2.05. The summed E-state index contributed by atoms with van der Waals surface area (Å²) in [4.78, 5) is 4.92. The molecule has 15 heavy (non-hydrogen) atoms. The summed E-state index contributed by atoms with van der Waals surface area (Å²) in [7, 11) is 0. The van der Waals surface area contributed by atoms with E-state index in [0.29, 0.717) is 11.8 Å². The molecule has 2 rings (SSSR count).